The summed E-state index contributed by atoms with van der Waals surface area (Å²) in [7, 11) is 0. The first-order valence-corrected chi connectivity index (χ1v) is 5.42. The van der Waals surface area contributed by atoms with E-state index in [0.717, 1.165) is 25.8 Å². The topological polar surface area (TPSA) is 70.9 Å². The molecule has 1 amide bonds. The van der Waals surface area contributed by atoms with Crippen molar-refractivity contribution >= 4 is 5.91 Å². The monoisotopic (exact) mass is 207 g/mol. The lowest BCUT2D eigenvalue weighted by Crippen LogP contribution is -2.38. The molecular formula is C11H17N3O. The van der Waals surface area contributed by atoms with Gasteiger partial charge in [0.15, 0.2) is 0 Å². The van der Waals surface area contributed by atoms with E-state index in [2.05, 4.69) is 10.3 Å². The Hall–Kier alpha value is -1.29. The number of carbonyl (C=O) groups excluding carboxylic acids is 1. The maximum atomic E-state index is 11.1. The third-order valence-electron chi connectivity index (χ3n) is 3.11. The number of hydrogen-bond acceptors (Lipinski definition) is 2. The average Bonchev–Trinajstić information content (AvgIpc) is 2.86. The van der Waals surface area contributed by atoms with Gasteiger partial charge in [-0.15, -0.1) is 0 Å². The Morgan fingerprint density at radius 1 is 1.60 bits per heavy atom. The van der Waals surface area contributed by atoms with E-state index in [4.69, 9.17) is 5.73 Å². The summed E-state index contributed by atoms with van der Waals surface area (Å²) in [6.07, 6.45) is 6.94. The predicted molar refractivity (Wildman–Crippen MR) is 58.0 cm³/mol. The number of primary amides is 1. The quantitative estimate of drug-likeness (QED) is 0.682. The van der Waals surface area contributed by atoms with Gasteiger partial charge in [0.05, 0.1) is 5.92 Å². The predicted octanol–water partition coefficient (Wildman–Crippen LogP) is 0.758. The van der Waals surface area contributed by atoms with Crippen LogP contribution in [0.5, 0.6) is 0 Å². The molecule has 1 saturated carbocycles. The fourth-order valence-electron chi connectivity index (χ4n) is 2.26. The van der Waals surface area contributed by atoms with E-state index in [0.29, 0.717) is 0 Å². The molecule has 1 aromatic heterocycles. The minimum Gasteiger partial charge on any atom is -0.369 e. The van der Waals surface area contributed by atoms with E-state index < -0.39 is 0 Å². The summed E-state index contributed by atoms with van der Waals surface area (Å²) in [4.78, 5) is 14.2. The molecule has 0 radical (unpaired) electrons. The van der Waals surface area contributed by atoms with Crippen LogP contribution in [0, 0.1) is 5.92 Å². The van der Waals surface area contributed by atoms with Gasteiger partial charge in [0.1, 0.15) is 0 Å². The largest absolute Gasteiger partial charge is 0.369 e. The van der Waals surface area contributed by atoms with Gasteiger partial charge in [-0.05, 0) is 24.5 Å². The van der Waals surface area contributed by atoms with Gasteiger partial charge < -0.3 is 16.0 Å². The minimum atomic E-state index is -0.168. The molecule has 1 aromatic rings. The van der Waals surface area contributed by atoms with Gasteiger partial charge in [0.25, 0.3) is 0 Å². The molecule has 0 aliphatic heterocycles. The fourth-order valence-corrected chi connectivity index (χ4v) is 2.26. The molecule has 1 aliphatic rings. The first kappa shape index (κ1) is 10.2. The number of aromatic nitrogens is 1. The zero-order valence-corrected chi connectivity index (χ0v) is 8.70. The van der Waals surface area contributed by atoms with Crippen molar-refractivity contribution in [3.63, 3.8) is 0 Å². The molecule has 1 aliphatic carbocycles. The highest BCUT2D eigenvalue weighted by Gasteiger charge is 2.30. The number of aromatic amines is 1. The van der Waals surface area contributed by atoms with Crippen molar-refractivity contribution in [2.45, 2.75) is 31.8 Å². The van der Waals surface area contributed by atoms with E-state index in [-0.39, 0.29) is 17.9 Å². The normalized spacial score (nSPS) is 25.6. The van der Waals surface area contributed by atoms with Gasteiger partial charge >= 0.3 is 0 Å². The van der Waals surface area contributed by atoms with Gasteiger partial charge in [-0.2, -0.15) is 0 Å². The molecule has 4 nitrogen and oxygen atoms in total. The number of nitrogens with two attached hydrogens (primary N) is 1. The lowest BCUT2D eigenvalue weighted by Gasteiger charge is -2.17. The molecule has 4 N–H and O–H groups in total. The Labute approximate surface area is 89.2 Å². The Morgan fingerprint density at radius 2 is 2.47 bits per heavy atom. The lowest BCUT2D eigenvalue weighted by atomic mass is 10.0. The van der Waals surface area contributed by atoms with Gasteiger partial charge in [0, 0.05) is 25.0 Å². The highest BCUT2D eigenvalue weighted by molar-refractivity contribution is 5.77. The second-order valence-electron chi connectivity index (χ2n) is 4.15. The Balaban J connectivity index is 1.86. The molecule has 15 heavy (non-hydrogen) atoms. The van der Waals surface area contributed by atoms with Crippen LogP contribution in [0.2, 0.25) is 0 Å². The first-order valence-electron chi connectivity index (χ1n) is 5.42. The summed E-state index contributed by atoms with van der Waals surface area (Å²) in [5.74, 6) is -0.150. The average molecular weight is 207 g/mol. The summed E-state index contributed by atoms with van der Waals surface area (Å²) < 4.78 is 0. The Bertz CT molecular complexity index is 321. The number of amides is 1. The summed E-state index contributed by atoms with van der Waals surface area (Å²) >= 11 is 0. The van der Waals surface area contributed by atoms with Gasteiger partial charge in [-0.3, -0.25) is 4.79 Å². The van der Waals surface area contributed by atoms with Crippen molar-refractivity contribution in [3.8, 4) is 0 Å². The Kier molecular flexibility index (Phi) is 3.06. The third kappa shape index (κ3) is 2.39. The van der Waals surface area contributed by atoms with E-state index in [1.807, 2.05) is 18.5 Å². The molecular weight excluding hydrogens is 190 g/mol. The lowest BCUT2D eigenvalue weighted by molar-refractivity contribution is -0.122. The molecule has 0 spiro atoms. The molecule has 4 heteroatoms. The number of H-pyrrole nitrogens is 1. The molecule has 1 fully saturated rings. The van der Waals surface area contributed by atoms with E-state index >= 15 is 0 Å². The molecule has 82 valence electrons. The van der Waals surface area contributed by atoms with E-state index in [1.165, 1.54) is 5.56 Å². The molecule has 0 aromatic carbocycles. The summed E-state index contributed by atoms with van der Waals surface area (Å²) in [6, 6.07) is 2.29. The van der Waals surface area contributed by atoms with Crippen LogP contribution < -0.4 is 11.1 Å². The van der Waals surface area contributed by atoms with Crippen molar-refractivity contribution in [2.75, 3.05) is 0 Å². The second kappa shape index (κ2) is 4.49. The number of nitrogens with one attached hydrogen (secondary N) is 2. The highest BCUT2D eigenvalue weighted by Crippen LogP contribution is 2.25. The SMILES string of the molecule is NC(=O)C1CCCC1NCc1cc[nH]c1. The molecule has 2 unspecified atom stereocenters. The van der Waals surface area contributed by atoms with Crippen LogP contribution in [0.25, 0.3) is 0 Å². The summed E-state index contributed by atoms with van der Waals surface area (Å²) in [5, 5.41) is 3.39. The van der Waals surface area contributed by atoms with E-state index in [9.17, 15) is 4.79 Å². The third-order valence-corrected chi connectivity index (χ3v) is 3.11. The summed E-state index contributed by atoms with van der Waals surface area (Å²) in [6.45, 7) is 0.804. The first-order chi connectivity index (χ1) is 7.27. The van der Waals surface area contributed by atoms with Crippen LogP contribution in [0.4, 0.5) is 0 Å². The molecule has 0 bridgehead atoms. The van der Waals surface area contributed by atoms with Crippen molar-refractivity contribution in [2.24, 2.45) is 11.7 Å². The Morgan fingerprint density at radius 3 is 3.13 bits per heavy atom. The van der Waals surface area contributed by atoms with Gasteiger partial charge in [-0.1, -0.05) is 6.42 Å². The van der Waals surface area contributed by atoms with Gasteiger partial charge in [0.2, 0.25) is 5.91 Å². The van der Waals surface area contributed by atoms with Crippen molar-refractivity contribution in [1.82, 2.24) is 10.3 Å². The van der Waals surface area contributed by atoms with Crippen LogP contribution in [0.1, 0.15) is 24.8 Å². The zero-order chi connectivity index (χ0) is 10.7. The minimum absolute atomic E-state index is 0.0175. The summed E-state index contributed by atoms with van der Waals surface area (Å²) in [5.41, 5.74) is 6.57. The van der Waals surface area contributed by atoms with Crippen LogP contribution in [0.15, 0.2) is 18.5 Å². The molecule has 0 saturated heterocycles. The van der Waals surface area contributed by atoms with Crippen molar-refractivity contribution in [3.05, 3.63) is 24.0 Å². The maximum absolute atomic E-state index is 11.1. The number of carbonyl (C=O) groups is 1. The van der Waals surface area contributed by atoms with Gasteiger partial charge in [-0.25, -0.2) is 0 Å². The zero-order valence-electron chi connectivity index (χ0n) is 8.70. The second-order valence-corrected chi connectivity index (χ2v) is 4.15. The van der Waals surface area contributed by atoms with Crippen molar-refractivity contribution in [1.29, 1.82) is 0 Å². The molecule has 2 rings (SSSR count). The van der Waals surface area contributed by atoms with Crippen LogP contribution >= 0.6 is 0 Å². The molecule has 2 atom stereocenters. The van der Waals surface area contributed by atoms with Crippen LogP contribution in [-0.4, -0.2) is 16.9 Å². The highest BCUT2D eigenvalue weighted by atomic mass is 16.1. The fraction of sp³-hybridized carbons (Fsp3) is 0.545. The number of hydrogen-bond donors (Lipinski definition) is 3. The van der Waals surface area contributed by atoms with Crippen LogP contribution in [-0.2, 0) is 11.3 Å². The smallest absolute Gasteiger partial charge is 0.222 e. The van der Waals surface area contributed by atoms with Crippen molar-refractivity contribution < 1.29 is 4.79 Å². The molecule has 1 heterocycles. The van der Waals surface area contributed by atoms with E-state index in [1.54, 1.807) is 0 Å². The maximum Gasteiger partial charge on any atom is 0.222 e. The standard InChI is InChI=1S/C11H17N3O/c12-11(15)9-2-1-3-10(9)14-7-8-4-5-13-6-8/h4-6,9-10,13-14H,1-3,7H2,(H2,12,15). The van der Waals surface area contributed by atoms with Crippen LogP contribution in [0.3, 0.4) is 0 Å². The number of rotatable bonds is 4.